The zero-order valence-electron chi connectivity index (χ0n) is 14.1. The topological polar surface area (TPSA) is 87.4 Å². The molecule has 3 rings (SSSR count). The number of aromatic nitrogens is 3. The van der Waals surface area contributed by atoms with Gasteiger partial charge >= 0.3 is 0 Å². The molecule has 1 aliphatic carbocycles. The van der Waals surface area contributed by atoms with E-state index in [0.717, 1.165) is 62.8 Å². The van der Waals surface area contributed by atoms with Crippen molar-refractivity contribution in [2.24, 2.45) is 10.9 Å². The summed E-state index contributed by atoms with van der Waals surface area (Å²) in [6, 6.07) is 0.149. The van der Waals surface area contributed by atoms with Gasteiger partial charge in [-0.3, -0.25) is 4.99 Å². The number of aryl methyl sites for hydroxylation is 2. The molecule has 1 saturated carbocycles. The lowest BCUT2D eigenvalue weighted by molar-refractivity contribution is 0.136. The van der Waals surface area contributed by atoms with E-state index in [4.69, 9.17) is 4.99 Å². The van der Waals surface area contributed by atoms with Crippen molar-refractivity contribution in [3.8, 4) is 0 Å². The molecule has 3 atom stereocenters. The Balaban J connectivity index is 1.67. The largest absolute Gasteiger partial charge is 0.393 e. The highest BCUT2D eigenvalue weighted by Crippen LogP contribution is 2.26. The fourth-order valence-corrected chi connectivity index (χ4v) is 3.53. The Kier molecular flexibility index (Phi) is 5.15. The third-order valence-corrected chi connectivity index (χ3v) is 4.74. The lowest BCUT2D eigenvalue weighted by Crippen LogP contribution is -2.42. The van der Waals surface area contributed by atoms with Crippen molar-refractivity contribution in [2.75, 3.05) is 13.1 Å². The van der Waals surface area contributed by atoms with Crippen molar-refractivity contribution in [3.63, 3.8) is 0 Å². The maximum absolute atomic E-state index is 9.95. The lowest BCUT2D eigenvalue weighted by Gasteiger charge is -2.25. The number of aliphatic imine (C=N–C) groups is 1. The first-order valence-corrected chi connectivity index (χ1v) is 8.81. The average Bonchev–Trinajstić information content (AvgIpc) is 3.10. The van der Waals surface area contributed by atoms with E-state index in [-0.39, 0.29) is 12.1 Å². The van der Waals surface area contributed by atoms with Crippen LogP contribution in [0.25, 0.3) is 0 Å². The Labute approximate surface area is 137 Å². The van der Waals surface area contributed by atoms with Gasteiger partial charge < -0.3 is 15.7 Å². The highest BCUT2D eigenvalue weighted by atomic mass is 16.3. The standard InChI is InChI=1S/C16H28N6O/c1-3-17-16(18-10-12-6-4-8-14(12)23)20-13-7-5-9-22-15(13)19-11(2)21-22/h12-14,23H,3-10H2,1-2H3,(H2,17,18,20). The van der Waals surface area contributed by atoms with Crippen LogP contribution in [-0.4, -0.2) is 45.0 Å². The van der Waals surface area contributed by atoms with Crippen molar-refractivity contribution in [3.05, 3.63) is 11.6 Å². The van der Waals surface area contributed by atoms with E-state index in [0.29, 0.717) is 12.5 Å². The van der Waals surface area contributed by atoms with Crippen molar-refractivity contribution in [1.82, 2.24) is 25.4 Å². The second-order valence-corrected chi connectivity index (χ2v) is 6.56. The summed E-state index contributed by atoms with van der Waals surface area (Å²) in [5.41, 5.74) is 0. The lowest BCUT2D eigenvalue weighted by atomic mass is 10.1. The number of guanidine groups is 1. The molecule has 2 heterocycles. The quantitative estimate of drug-likeness (QED) is 0.572. The molecule has 1 aromatic heterocycles. The van der Waals surface area contributed by atoms with Crippen LogP contribution in [0.1, 0.15) is 56.7 Å². The number of fused-ring (bicyclic) bond motifs is 1. The summed E-state index contributed by atoms with van der Waals surface area (Å²) < 4.78 is 2.00. The molecule has 0 spiro atoms. The maximum Gasteiger partial charge on any atom is 0.191 e. The summed E-state index contributed by atoms with van der Waals surface area (Å²) in [7, 11) is 0. The molecular formula is C16H28N6O. The van der Waals surface area contributed by atoms with E-state index in [9.17, 15) is 5.11 Å². The Hall–Kier alpha value is -1.63. The van der Waals surface area contributed by atoms with Gasteiger partial charge in [-0.05, 0) is 39.5 Å². The smallest absolute Gasteiger partial charge is 0.191 e. The summed E-state index contributed by atoms with van der Waals surface area (Å²) in [6.07, 6.45) is 5.03. The molecule has 7 heteroatoms. The molecule has 0 aromatic carbocycles. The van der Waals surface area contributed by atoms with Gasteiger partial charge in [-0.15, -0.1) is 0 Å². The first-order chi connectivity index (χ1) is 11.2. The van der Waals surface area contributed by atoms with Gasteiger partial charge in [-0.2, -0.15) is 5.10 Å². The summed E-state index contributed by atoms with van der Waals surface area (Å²) in [6.45, 7) is 6.43. The van der Waals surface area contributed by atoms with Gasteiger partial charge in [0.25, 0.3) is 0 Å². The first-order valence-electron chi connectivity index (χ1n) is 8.81. The van der Waals surface area contributed by atoms with Crippen LogP contribution in [-0.2, 0) is 6.54 Å². The van der Waals surface area contributed by atoms with Crippen LogP contribution < -0.4 is 10.6 Å². The fraction of sp³-hybridized carbons (Fsp3) is 0.812. The molecular weight excluding hydrogens is 292 g/mol. The molecule has 128 valence electrons. The van der Waals surface area contributed by atoms with E-state index >= 15 is 0 Å². The number of hydrogen-bond acceptors (Lipinski definition) is 4. The van der Waals surface area contributed by atoms with E-state index in [1.807, 2.05) is 11.6 Å². The number of rotatable bonds is 4. The Morgan fingerprint density at radius 3 is 2.96 bits per heavy atom. The average molecular weight is 320 g/mol. The number of nitrogens with one attached hydrogen (secondary N) is 2. The minimum atomic E-state index is -0.193. The summed E-state index contributed by atoms with van der Waals surface area (Å²) in [5, 5.41) is 21.2. The van der Waals surface area contributed by atoms with Gasteiger partial charge in [0.15, 0.2) is 5.96 Å². The zero-order valence-corrected chi connectivity index (χ0v) is 14.1. The predicted molar refractivity (Wildman–Crippen MR) is 89.2 cm³/mol. The Morgan fingerprint density at radius 2 is 2.22 bits per heavy atom. The van der Waals surface area contributed by atoms with Crippen LogP contribution in [0.15, 0.2) is 4.99 Å². The molecule has 3 N–H and O–H groups in total. The third-order valence-electron chi connectivity index (χ3n) is 4.74. The van der Waals surface area contributed by atoms with Crippen LogP contribution in [0, 0.1) is 12.8 Å². The Bertz CT molecular complexity index is 555. The minimum Gasteiger partial charge on any atom is -0.393 e. The van der Waals surface area contributed by atoms with E-state index in [1.54, 1.807) is 0 Å². The van der Waals surface area contributed by atoms with Gasteiger partial charge in [0, 0.05) is 25.6 Å². The monoisotopic (exact) mass is 320 g/mol. The number of nitrogens with zero attached hydrogens (tertiary/aromatic N) is 4. The molecule has 0 radical (unpaired) electrons. The van der Waals surface area contributed by atoms with Crippen molar-refractivity contribution < 1.29 is 5.11 Å². The highest BCUT2D eigenvalue weighted by Gasteiger charge is 2.26. The van der Waals surface area contributed by atoms with E-state index < -0.39 is 0 Å². The summed E-state index contributed by atoms with van der Waals surface area (Å²) in [5.74, 6) is 2.93. The molecule has 2 aliphatic rings. The van der Waals surface area contributed by atoms with Gasteiger partial charge in [0.05, 0.1) is 12.1 Å². The van der Waals surface area contributed by atoms with Gasteiger partial charge in [0.1, 0.15) is 11.6 Å². The molecule has 1 aliphatic heterocycles. The SMILES string of the molecule is CCNC(=NCC1CCCC1O)NC1CCCn2nc(C)nc21. The van der Waals surface area contributed by atoms with Crippen LogP contribution in [0.3, 0.4) is 0 Å². The zero-order chi connectivity index (χ0) is 16.2. The normalized spacial score (nSPS) is 27.8. The molecule has 0 bridgehead atoms. The van der Waals surface area contributed by atoms with Crippen molar-refractivity contribution in [1.29, 1.82) is 0 Å². The number of aliphatic hydroxyl groups is 1. The third kappa shape index (κ3) is 3.83. The van der Waals surface area contributed by atoms with E-state index in [1.165, 1.54) is 0 Å². The Morgan fingerprint density at radius 1 is 1.35 bits per heavy atom. The van der Waals surface area contributed by atoms with Gasteiger partial charge in [0.2, 0.25) is 0 Å². The van der Waals surface area contributed by atoms with Crippen molar-refractivity contribution in [2.45, 2.75) is 64.6 Å². The number of hydrogen-bond donors (Lipinski definition) is 3. The molecule has 1 fully saturated rings. The number of aliphatic hydroxyl groups excluding tert-OH is 1. The van der Waals surface area contributed by atoms with Crippen molar-refractivity contribution >= 4 is 5.96 Å². The maximum atomic E-state index is 9.95. The highest BCUT2D eigenvalue weighted by molar-refractivity contribution is 5.80. The first kappa shape index (κ1) is 16.2. The molecule has 7 nitrogen and oxygen atoms in total. The second kappa shape index (κ2) is 7.29. The van der Waals surface area contributed by atoms with E-state index in [2.05, 4.69) is 27.6 Å². The summed E-state index contributed by atoms with van der Waals surface area (Å²) >= 11 is 0. The molecule has 23 heavy (non-hydrogen) atoms. The van der Waals surface area contributed by atoms with Crippen LogP contribution in [0.4, 0.5) is 0 Å². The van der Waals surface area contributed by atoms with Crippen LogP contribution in [0.2, 0.25) is 0 Å². The summed E-state index contributed by atoms with van der Waals surface area (Å²) in [4.78, 5) is 9.26. The molecule has 0 saturated heterocycles. The fourth-order valence-electron chi connectivity index (χ4n) is 3.53. The molecule has 0 amide bonds. The van der Waals surface area contributed by atoms with Crippen LogP contribution in [0.5, 0.6) is 0 Å². The predicted octanol–water partition coefficient (Wildman–Crippen LogP) is 1.14. The minimum absolute atomic E-state index is 0.149. The van der Waals surface area contributed by atoms with Gasteiger partial charge in [-0.25, -0.2) is 9.67 Å². The molecule has 3 unspecified atom stereocenters. The van der Waals surface area contributed by atoms with Crippen LogP contribution >= 0.6 is 0 Å². The molecule has 1 aromatic rings. The van der Waals surface area contributed by atoms with Gasteiger partial charge in [-0.1, -0.05) is 6.42 Å². The second-order valence-electron chi connectivity index (χ2n) is 6.56.